The second kappa shape index (κ2) is 10.2. The van der Waals surface area contributed by atoms with E-state index < -0.39 is 22.9 Å². The molecule has 0 N–H and O–H groups in total. The van der Waals surface area contributed by atoms with Crippen molar-refractivity contribution in [3.63, 3.8) is 0 Å². The Bertz CT molecular complexity index is 437. The quantitative estimate of drug-likeness (QED) is 0.455. The van der Waals surface area contributed by atoms with Crippen LogP contribution in [0.1, 0.15) is 66.2 Å². The molecule has 3 heteroatoms. The molecule has 0 fully saturated rings. The van der Waals surface area contributed by atoms with E-state index in [1.165, 1.54) is 38.5 Å². The van der Waals surface area contributed by atoms with Crippen LogP contribution in [0, 0.1) is 0 Å². The van der Waals surface area contributed by atoms with Gasteiger partial charge >= 0.3 is 130 Å². The van der Waals surface area contributed by atoms with Crippen molar-refractivity contribution < 1.29 is 47.7 Å². The zero-order chi connectivity index (χ0) is 13.8. The van der Waals surface area contributed by atoms with Gasteiger partial charge in [-0.3, -0.25) is 0 Å². The molecule has 0 radical (unpaired) electrons. The van der Waals surface area contributed by atoms with Crippen LogP contribution in [-0.2, 0) is 22.9 Å². The Hall–Kier alpha value is 0.410. The second-order valence-corrected chi connectivity index (χ2v) is 10.9. The number of allylic oxidation sites excluding steroid dienone is 8. The van der Waals surface area contributed by atoms with Crippen LogP contribution in [0.25, 0.3) is 0 Å². The number of halogens is 2. The maximum atomic E-state index is 2.51. The van der Waals surface area contributed by atoms with E-state index in [0.717, 1.165) is 0 Å². The van der Waals surface area contributed by atoms with Crippen LogP contribution in [0.4, 0.5) is 0 Å². The van der Waals surface area contributed by atoms with Gasteiger partial charge in [-0.15, -0.1) is 0 Å². The Morgan fingerprint density at radius 2 is 1.19 bits per heavy atom. The summed E-state index contributed by atoms with van der Waals surface area (Å²) in [6, 6.07) is 0. The Morgan fingerprint density at radius 3 is 1.52 bits per heavy atom. The molecule has 0 amide bonds. The fourth-order valence-corrected chi connectivity index (χ4v) is 8.32. The van der Waals surface area contributed by atoms with Gasteiger partial charge in [-0.25, -0.2) is 0 Å². The third-order valence-electron chi connectivity index (χ3n) is 4.31. The van der Waals surface area contributed by atoms with Gasteiger partial charge in [0.25, 0.3) is 0 Å². The Kier molecular flexibility index (Phi) is 10.4. The Morgan fingerprint density at radius 1 is 0.810 bits per heavy atom. The minimum atomic E-state index is -0.728. The van der Waals surface area contributed by atoms with E-state index in [2.05, 4.69) is 39.8 Å². The van der Waals surface area contributed by atoms with Crippen LogP contribution in [0.5, 0.6) is 0 Å². The van der Waals surface area contributed by atoms with E-state index in [1.807, 2.05) is 6.66 Å². The number of rotatable bonds is 6. The van der Waals surface area contributed by atoms with E-state index in [9.17, 15) is 0 Å². The molecule has 0 saturated carbocycles. The SMILES string of the molecule is CCCC1=CC[C]([Hf+2][C]2=C(C)C(CCC)=CC2)=C1C.[Cl-].[Cl-]. The van der Waals surface area contributed by atoms with E-state index >= 15 is 0 Å². The minimum absolute atomic E-state index is 0. The molecule has 116 valence electrons. The Balaban J connectivity index is 0.00000200. The van der Waals surface area contributed by atoms with Crippen molar-refractivity contribution in [2.45, 2.75) is 66.2 Å². The fraction of sp³-hybridized carbons (Fsp3) is 0.556. The summed E-state index contributed by atoms with van der Waals surface area (Å²) in [5, 5.41) is 0. The smallest absolute Gasteiger partial charge is 1.00 e. The number of hydrogen-bond acceptors (Lipinski definition) is 0. The van der Waals surface area contributed by atoms with E-state index in [-0.39, 0.29) is 24.8 Å². The maximum Gasteiger partial charge on any atom is -1.00 e. The second-order valence-electron chi connectivity index (χ2n) is 5.70. The third kappa shape index (κ3) is 5.22. The largest absolute Gasteiger partial charge is 1.00 e. The van der Waals surface area contributed by atoms with Crippen LogP contribution in [-0.4, -0.2) is 0 Å². The standard InChI is InChI=1S/2C9H13.2ClH.Hf/c2*1-3-5-9-7-4-6-8(9)2;;;/h2*7H,3-5H2,1-2H3;2*1H;/q;;;;+2/p-2. The van der Waals surface area contributed by atoms with Crippen molar-refractivity contribution in [2.75, 3.05) is 0 Å². The first kappa shape index (κ1) is 21.4. The summed E-state index contributed by atoms with van der Waals surface area (Å²) in [6.07, 6.45) is 12.7. The summed E-state index contributed by atoms with van der Waals surface area (Å²) in [5.74, 6) is 0. The molecule has 0 aromatic heterocycles. The van der Waals surface area contributed by atoms with Crippen molar-refractivity contribution in [2.24, 2.45) is 0 Å². The van der Waals surface area contributed by atoms with Crippen LogP contribution in [0.3, 0.4) is 0 Å². The van der Waals surface area contributed by atoms with Gasteiger partial charge in [-0.2, -0.15) is 0 Å². The van der Waals surface area contributed by atoms with Gasteiger partial charge in [0.15, 0.2) is 0 Å². The molecule has 21 heavy (non-hydrogen) atoms. The zero-order valence-electron chi connectivity index (χ0n) is 13.7. The summed E-state index contributed by atoms with van der Waals surface area (Å²) in [7, 11) is 0. The van der Waals surface area contributed by atoms with Crippen LogP contribution >= 0.6 is 0 Å². The summed E-state index contributed by atoms with van der Waals surface area (Å²) >= 11 is -0.728. The van der Waals surface area contributed by atoms with Gasteiger partial charge in [0.2, 0.25) is 0 Å². The van der Waals surface area contributed by atoms with Crippen molar-refractivity contribution in [3.05, 3.63) is 41.1 Å². The van der Waals surface area contributed by atoms with E-state index in [1.54, 1.807) is 22.3 Å². The Labute approximate surface area is 154 Å². The first-order chi connectivity index (χ1) is 9.17. The molecule has 0 spiro atoms. The molecule has 0 bridgehead atoms. The van der Waals surface area contributed by atoms with E-state index in [4.69, 9.17) is 0 Å². The predicted octanol–water partition coefficient (Wildman–Crippen LogP) is -0.115. The van der Waals surface area contributed by atoms with Gasteiger partial charge in [0, 0.05) is 0 Å². The molecule has 0 aliphatic heterocycles. The summed E-state index contributed by atoms with van der Waals surface area (Å²) in [4.78, 5) is 0. The molecule has 0 nitrogen and oxygen atoms in total. The van der Waals surface area contributed by atoms with Gasteiger partial charge in [-0.1, -0.05) is 0 Å². The minimum Gasteiger partial charge on any atom is -1.00 e. The van der Waals surface area contributed by atoms with Crippen molar-refractivity contribution in [1.29, 1.82) is 0 Å². The normalized spacial score (nSPS) is 17.1. The molecule has 0 unspecified atom stereocenters. The van der Waals surface area contributed by atoms with Crippen LogP contribution < -0.4 is 24.8 Å². The zero-order valence-corrected chi connectivity index (χ0v) is 18.8. The first-order valence-corrected chi connectivity index (χ1v) is 11.3. The van der Waals surface area contributed by atoms with Crippen LogP contribution in [0.2, 0.25) is 0 Å². The summed E-state index contributed by atoms with van der Waals surface area (Å²) < 4.78 is 3.73. The number of hydrogen-bond donors (Lipinski definition) is 0. The van der Waals surface area contributed by atoms with Gasteiger partial charge in [0.05, 0.1) is 0 Å². The monoisotopic (exact) mass is 492 g/mol. The van der Waals surface area contributed by atoms with Gasteiger partial charge < -0.3 is 24.8 Å². The molecule has 2 aliphatic rings. The molecule has 0 heterocycles. The first-order valence-electron chi connectivity index (χ1n) is 7.72. The van der Waals surface area contributed by atoms with Gasteiger partial charge in [0.1, 0.15) is 0 Å². The molecule has 0 atom stereocenters. The summed E-state index contributed by atoms with van der Waals surface area (Å²) in [6.45, 7) is 9.33. The van der Waals surface area contributed by atoms with Crippen molar-refractivity contribution in [3.8, 4) is 0 Å². The van der Waals surface area contributed by atoms with Crippen LogP contribution in [0.15, 0.2) is 41.1 Å². The molecular formula is C18H26Cl2Hf. The average Bonchev–Trinajstić information content (AvgIpc) is 2.90. The molecular weight excluding hydrogens is 466 g/mol. The molecule has 0 saturated heterocycles. The average molecular weight is 492 g/mol. The summed E-state index contributed by atoms with van der Waals surface area (Å²) in [5.41, 5.74) is 6.66. The van der Waals surface area contributed by atoms with E-state index in [0.29, 0.717) is 0 Å². The molecule has 2 aliphatic carbocycles. The third-order valence-corrected chi connectivity index (χ3v) is 10.6. The molecule has 0 aromatic rings. The predicted molar refractivity (Wildman–Crippen MR) is 80.6 cm³/mol. The fourth-order valence-electron chi connectivity index (χ4n) is 3.04. The molecule has 0 aromatic carbocycles. The maximum absolute atomic E-state index is 2.51. The molecule has 2 rings (SSSR count). The van der Waals surface area contributed by atoms with Gasteiger partial charge in [-0.05, 0) is 0 Å². The topological polar surface area (TPSA) is 0 Å². The van der Waals surface area contributed by atoms with Crippen molar-refractivity contribution >= 4 is 0 Å². The van der Waals surface area contributed by atoms with Crippen molar-refractivity contribution in [1.82, 2.24) is 0 Å².